The molecule has 4 rings (SSSR count). The van der Waals surface area contributed by atoms with Gasteiger partial charge >= 0.3 is 0 Å². The zero-order chi connectivity index (χ0) is 23.6. The highest BCUT2D eigenvalue weighted by molar-refractivity contribution is 5.94. The molecular weight excluding hydrogens is 412 g/mol. The highest BCUT2D eigenvalue weighted by Gasteiger charge is 2.59. The van der Waals surface area contributed by atoms with Gasteiger partial charge in [0.1, 0.15) is 5.75 Å². The van der Waals surface area contributed by atoms with E-state index in [1.165, 1.54) is 0 Å². The molecule has 1 saturated carbocycles. The van der Waals surface area contributed by atoms with Crippen LogP contribution < -0.4 is 0 Å². The fourth-order valence-corrected chi connectivity index (χ4v) is 6.28. The maximum Gasteiger partial charge on any atom is 0.254 e. The third kappa shape index (κ3) is 4.41. The molecule has 2 aliphatic rings. The van der Waals surface area contributed by atoms with E-state index in [1.54, 1.807) is 6.07 Å². The summed E-state index contributed by atoms with van der Waals surface area (Å²) in [5.41, 5.74) is 1.27. The average Bonchev–Trinajstić information content (AvgIpc) is 2.82. The number of aromatic hydroxyl groups is 1. The molecule has 33 heavy (non-hydrogen) atoms. The minimum absolute atomic E-state index is 0.109. The Balaban J connectivity index is 1.76. The second-order valence-electron chi connectivity index (χ2n) is 10.4. The Bertz CT molecular complexity index is 963. The summed E-state index contributed by atoms with van der Waals surface area (Å²) in [7, 11) is 3.99. The summed E-state index contributed by atoms with van der Waals surface area (Å²) in [5, 5.41) is 10.4. The number of methoxy groups -OCH3 is 1. The van der Waals surface area contributed by atoms with Crippen LogP contribution in [-0.2, 0) is 10.2 Å². The third-order valence-electron chi connectivity index (χ3n) is 7.86. The summed E-state index contributed by atoms with van der Waals surface area (Å²) in [4.78, 5) is 18.1. The number of likely N-dealkylation sites (tertiary alicyclic amines) is 1. The smallest absolute Gasteiger partial charge is 0.254 e. The highest BCUT2D eigenvalue weighted by Crippen LogP contribution is 2.54. The van der Waals surface area contributed by atoms with E-state index >= 15 is 0 Å². The van der Waals surface area contributed by atoms with Crippen LogP contribution in [0.15, 0.2) is 54.6 Å². The first-order chi connectivity index (χ1) is 15.8. The SMILES string of the molecule is COC12CCC(N(CC(C)C)C(=O)c3ccccc3)CC1(c1cccc(O)c1)CCN(C)C2. The summed E-state index contributed by atoms with van der Waals surface area (Å²) in [6.45, 7) is 6.89. The van der Waals surface area contributed by atoms with E-state index < -0.39 is 0 Å². The number of rotatable bonds is 6. The van der Waals surface area contributed by atoms with E-state index in [1.807, 2.05) is 49.6 Å². The minimum Gasteiger partial charge on any atom is -0.508 e. The lowest BCUT2D eigenvalue weighted by atomic mass is 9.55. The largest absolute Gasteiger partial charge is 0.508 e. The van der Waals surface area contributed by atoms with Crippen molar-refractivity contribution in [2.75, 3.05) is 33.8 Å². The molecule has 1 amide bonds. The minimum atomic E-state index is -0.344. The number of hydrogen-bond donors (Lipinski definition) is 1. The Hall–Kier alpha value is -2.37. The Labute approximate surface area is 198 Å². The first-order valence-electron chi connectivity index (χ1n) is 12.2. The monoisotopic (exact) mass is 450 g/mol. The molecule has 1 N–H and O–H groups in total. The number of likely N-dealkylation sites (N-methyl/N-ethyl adjacent to an activating group) is 1. The van der Waals surface area contributed by atoms with Crippen LogP contribution in [-0.4, -0.2) is 66.2 Å². The quantitative estimate of drug-likeness (QED) is 0.693. The summed E-state index contributed by atoms with van der Waals surface area (Å²) in [6, 6.07) is 17.5. The molecule has 2 aromatic carbocycles. The summed E-state index contributed by atoms with van der Waals surface area (Å²) in [5.74, 6) is 0.770. The lowest BCUT2D eigenvalue weighted by Gasteiger charge is -2.60. The van der Waals surface area contributed by atoms with Gasteiger partial charge in [0, 0.05) is 37.2 Å². The zero-order valence-electron chi connectivity index (χ0n) is 20.5. The standard InChI is InChI=1S/C28H38N2O3/c1-21(2)19-30(26(32)22-9-6-5-7-10-22)24-13-14-28(33-4)20-29(3)16-15-27(28,18-24)23-11-8-12-25(31)17-23/h5-12,17,21,24,31H,13-16,18-20H2,1-4H3. The van der Waals surface area contributed by atoms with Crippen molar-refractivity contribution in [3.8, 4) is 5.75 Å². The van der Waals surface area contributed by atoms with Crippen molar-refractivity contribution >= 4 is 5.91 Å². The second-order valence-corrected chi connectivity index (χ2v) is 10.4. The molecule has 5 heteroatoms. The summed E-state index contributed by atoms with van der Waals surface area (Å²) >= 11 is 0. The number of phenolic OH excluding ortho intramolecular Hbond substituents is 1. The van der Waals surface area contributed by atoms with Gasteiger partial charge in [0.25, 0.3) is 5.91 Å². The van der Waals surface area contributed by atoms with Crippen LogP contribution in [0.2, 0.25) is 0 Å². The lowest BCUT2D eigenvalue weighted by Crippen LogP contribution is -2.67. The van der Waals surface area contributed by atoms with Crippen molar-refractivity contribution in [3.05, 3.63) is 65.7 Å². The van der Waals surface area contributed by atoms with Gasteiger partial charge in [-0.3, -0.25) is 4.79 Å². The maximum atomic E-state index is 13.7. The number of hydrogen-bond acceptors (Lipinski definition) is 4. The van der Waals surface area contributed by atoms with E-state index in [2.05, 4.69) is 36.8 Å². The lowest BCUT2D eigenvalue weighted by molar-refractivity contribution is -0.150. The van der Waals surface area contributed by atoms with E-state index in [-0.39, 0.29) is 28.7 Å². The van der Waals surface area contributed by atoms with Gasteiger partial charge < -0.3 is 19.6 Å². The van der Waals surface area contributed by atoms with Crippen LogP contribution in [0.3, 0.4) is 0 Å². The number of phenols is 1. The number of ether oxygens (including phenoxy) is 1. The molecule has 2 aromatic rings. The normalized spacial score (nSPS) is 27.8. The number of piperidine rings is 1. The fourth-order valence-electron chi connectivity index (χ4n) is 6.28. The Kier molecular flexibility index (Phi) is 6.83. The van der Waals surface area contributed by atoms with Crippen LogP contribution in [0, 0.1) is 5.92 Å². The molecule has 3 atom stereocenters. The molecule has 3 unspecified atom stereocenters. The molecule has 1 aliphatic heterocycles. The highest BCUT2D eigenvalue weighted by atomic mass is 16.5. The van der Waals surface area contributed by atoms with Gasteiger partial charge in [-0.25, -0.2) is 0 Å². The molecule has 0 aromatic heterocycles. The number of nitrogens with zero attached hydrogens (tertiary/aromatic N) is 2. The molecule has 0 radical (unpaired) electrons. The Morgan fingerprint density at radius 3 is 2.61 bits per heavy atom. The van der Waals surface area contributed by atoms with Crippen LogP contribution in [0.5, 0.6) is 5.75 Å². The van der Waals surface area contributed by atoms with Gasteiger partial charge in [-0.15, -0.1) is 0 Å². The Morgan fingerprint density at radius 2 is 1.94 bits per heavy atom. The van der Waals surface area contributed by atoms with Crippen molar-refractivity contribution in [1.29, 1.82) is 0 Å². The molecule has 2 fully saturated rings. The molecule has 0 spiro atoms. The van der Waals surface area contributed by atoms with Gasteiger partial charge in [-0.2, -0.15) is 0 Å². The third-order valence-corrected chi connectivity index (χ3v) is 7.86. The van der Waals surface area contributed by atoms with Crippen LogP contribution >= 0.6 is 0 Å². The van der Waals surface area contributed by atoms with E-state index in [0.717, 1.165) is 56.4 Å². The van der Waals surface area contributed by atoms with Crippen LogP contribution in [0.25, 0.3) is 0 Å². The first kappa shape index (κ1) is 23.8. The summed E-state index contributed by atoms with van der Waals surface area (Å²) < 4.78 is 6.38. The molecule has 1 aliphatic carbocycles. The van der Waals surface area contributed by atoms with Crippen LogP contribution in [0.4, 0.5) is 0 Å². The van der Waals surface area contributed by atoms with Crippen molar-refractivity contribution in [2.45, 2.75) is 56.6 Å². The predicted molar refractivity (Wildman–Crippen MR) is 132 cm³/mol. The van der Waals surface area contributed by atoms with Crippen molar-refractivity contribution in [2.24, 2.45) is 5.92 Å². The van der Waals surface area contributed by atoms with E-state index in [4.69, 9.17) is 4.74 Å². The first-order valence-corrected chi connectivity index (χ1v) is 12.2. The number of amides is 1. The van der Waals surface area contributed by atoms with Gasteiger partial charge in [0.2, 0.25) is 0 Å². The molecule has 0 bridgehead atoms. The molecule has 1 heterocycles. The average molecular weight is 451 g/mol. The Morgan fingerprint density at radius 1 is 1.18 bits per heavy atom. The van der Waals surface area contributed by atoms with Crippen molar-refractivity contribution < 1.29 is 14.6 Å². The zero-order valence-corrected chi connectivity index (χ0v) is 20.5. The predicted octanol–water partition coefficient (Wildman–Crippen LogP) is 4.70. The molecule has 1 saturated heterocycles. The van der Waals surface area contributed by atoms with E-state index in [0.29, 0.717) is 5.92 Å². The van der Waals surface area contributed by atoms with Gasteiger partial charge in [-0.05, 0) is 75.0 Å². The molecule has 5 nitrogen and oxygen atoms in total. The summed E-state index contributed by atoms with van der Waals surface area (Å²) in [6.07, 6.45) is 3.56. The fraction of sp³-hybridized carbons (Fsp3) is 0.536. The number of carbonyl (C=O) groups is 1. The van der Waals surface area contributed by atoms with Crippen molar-refractivity contribution in [3.63, 3.8) is 0 Å². The number of fused-ring (bicyclic) bond motifs is 1. The number of benzene rings is 2. The maximum absolute atomic E-state index is 13.7. The van der Waals surface area contributed by atoms with Crippen LogP contribution in [0.1, 0.15) is 55.5 Å². The van der Waals surface area contributed by atoms with Crippen molar-refractivity contribution in [1.82, 2.24) is 9.80 Å². The second kappa shape index (κ2) is 9.47. The topological polar surface area (TPSA) is 53.0 Å². The molecular formula is C28H38N2O3. The van der Waals surface area contributed by atoms with Gasteiger partial charge in [-0.1, -0.05) is 44.2 Å². The van der Waals surface area contributed by atoms with Gasteiger partial charge in [0.15, 0.2) is 0 Å². The molecule has 178 valence electrons. The van der Waals surface area contributed by atoms with E-state index in [9.17, 15) is 9.90 Å². The van der Waals surface area contributed by atoms with Gasteiger partial charge in [0.05, 0.1) is 5.60 Å². The number of carbonyl (C=O) groups excluding carboxylic acids is 1.